The van der Waals surface area contributed by atoms with Crippen LogP contribution in [0.15, 0.2) is 108 Å². The normalized spacial score (nSPS) is 11.4. The molecule has 0 bridgehead atoms. The number of hydrogen-bond acceptors (Lipinski definition) is 4. The van der Waals surface area contributed by atoms with Crippen molar-refractivity contribution in [3.05, 3.63) is 136 Å². The summed E-state index contributed by atoms with van der Waals surface area (Å²) in [6.07, 6.45) is 1.62. The Bertz CT molecular complexity index is 1720. The Morgan fingerprint density at radius 1 is 0.875 bits per heavy atom. The Hall–Kier alpha value is -4.84. The zero-order chi connectivity index (χ0) is 28.3. The summed E-state index contributed by atoms with van der Waals surface area (Å²) < 4.78 is 7.85. The average molecular weight is 533 g/mol. The van der Waals surface area contributed by atoms with Crippen LogP contribution in [0, 0.1) is 0 Å². The number of hydrogen-bond donors (Lipinski definition) is 2. The number of nitrogens with one attached hydrogen (secondary N) is 1. The minimum Gasteiger partial charge on any atom is -0.504 e. The van der Waals surface area contributed by atoms with Crippen LogP contribution in [0.25, 0.3) is 10.9 Å². The van der Waals surface area contributed by atoms with Crippen LogP contribution in [-0.2, 0) is 18.6 Å². The van der Waals surface area contributed by atoms with E-state index < -0.39 is 11.3 Å². The number of amides is 1. The molecule has 4 aromatic carbocycles. The molecule has 1 aromatic heterocycles. The number of fused-ring (bicyclic) bond motifs is 1. The van der Waals surface area contributed by atoms with Crippen molar-refractivity contribution in [3.8, 4) is 11.5 Å². The molecule has 6 nitrogen and oxygen atoms in total. The molecule has 0 aliphatic heterocycles. The molecule has 6 heteroatoms. The molecule has 0 aliphatic carbocycles. The number of benzene rings is 4. The zero-order valence-electron chi connectivity index (χ0n) is 22.8. The van der Waals surface area contributed by atoms with Crippen LogP contribution in [0.2, 0.25) is 0 Å². The summed E-state index contributed by atoms with van der Waals surface area (Å²) in [6.45, 7) is 6.73. The van der Waals surface area contributed by atoms with Crippen LogP contribution in [0.4, 0.5) is 5.69 Å². The summed E-state index contributed by atoms with van der Waals surface area (Å²) in [5.41, 5.74) is 3.23. The predicted molar refractivity (Wildman–Crippen MR) is 159 cm³/mol. The molecule has 1 amide bonds. The van der Waals surface area contributed by atoms with Gasteiger partial charge in [0.05, 0.1) is 5.52 Å². The second kappa shape index (κ2) is 11.1. The smallest absolute Gasteiger partial charge is 0.261 e. The summed E-state index contributed by atoms with van der Waals surface area (Å²) in [7, 11) is 0. The quantitative estimate of drug-likeness (QED) is 0.224. The van der Waals surface area contributed by atoms with Gasteiger partial charge < -0.3 is 19.7 Å². The maximum absolute atomic E-state index is 13.7. The number of rotatable bonds is 7. The maximum atomic E-state index is 13.7. The van der Waals surface area contributed by atoms with Crippen molar-refractivity contribution in [2.75, 3.05) is 5.32 Å². The van der Waals surface area contributed by atoms with Crippen molar-refractivity contribution >= 4 is 22.5 Å². The Balaban J connectivity index is 1.53. The third kappa shape index (κ3) is 5.76. The average Bonchev–Trinajstić information content (AvgIpc) is 2.95. The van der Waals surface area contributed by atoms with Gasteiger partial charge in [0.25, 0.3) is 5.91 Å². The summed E-state index contributed by atoms with van der Waals surface area (Å²) >= 11 is 0. The zero-order valence-corrected chi connectivity index (χ0v) is 22.8. The molecule has 0 spiro atoms. The van der Waals surface area contributed by atoms with Gasteiger partial charge in [-0.2, -0.15) is 0 Å². The van der Waals surface area contributed by atoms with Crippen molar-refractivity contribution < 1.29 is 14.6 Å². The molecule has 202 valence electrons. The first-order valence-electron chi connectivity index (χ1n) is 13.2. The lowest BCUT2D eigenvalue weighted by Gasteiger charge is -2.24. The lowest BCUT2D eigenvalue weighted by atomic mass is 9.85. The number of aromatic hydroxyl groups is 1. The first-order chi connectivity index (χ1) is 19.2. The van der Waals surface area contributed by atoms with Gasteiger partial charge in [-0.3, -0.25) is 9.59 Å². The number of aromatic nitrogens is 1. The lowest BCUT2D eigenvalue weighted by Crippen LogP contribution is -2.25. The third-order valence-electron chi connectivity index (χ3n) is 6.82. The molecule has 0 fully saturated rings. The van der Waals surface area contributed by atoms with Gasteiger partial charge in [-0.05, 0) is 40.3 Å². The highest BCUT2D eigenvalue weighted by molar-refractivity contribution is 6.06. The molecule has 2 N–H and O–H groups in total. The van der Waals surface area contributed by atoms with Crippen LogP contribution in [0.3, 0.4) is 0 Å². The number of pyridine rings is 1. The van der Waals surface area contributed by atoms with Gasteiger partial charge in [-0.1, -0.05) is 93.6 Å². The molecule has 5 aromatic rings. The number of para-hydroxylation sites is 1. The fourth-order valence-electron chi connectivity index (χ4n) is 4.75. The molecule has 0 atom stereocenters. The molecule has 40 heavy (non-hydrogen) atoms. The van der Waals surface area contributed by atoms with E-state index >= 15 is 0 Å². The van der Waals surface area contributed by atoms with Gasteiger partial charge in [0, 0.05) is 29.9 Å². The Morgan fingerprint density at radius 3 is 2.17 bits per heavy atom. The Labute approximate surface area is 233 Å². The van der Waals surface area contributed by atoms with E-state index in [9.17, 15) is 14.7 Å². The van der Waals surface area contributed by atoms with Gasteiger partial charge >= 0.3 is 0 Å². The highest BCUT2D eigenvalue weighted by atomic mass is 16.5. The van der Waals surface area contributed by atoms with Gasteiger partial charge in [0.1, 0.15) is 12.2 Å². The lowest BCUT2D eigenvalue weighted by molar-refractivity contribution is 0.102. The van der Waals surface area contributed by atoms with Crippen LogP contribution >= 0.6 is 0 Å². The number of carbonyl (C=O) groups excluding carboxylic acids is 1. The van der Waals surface area contributed by atoms with Crippen molar-refractivity contribution in [2.45, 2.75) is 39.3 Å². The molecular weight excluding hydrogens is 500 g/mol. The van der Waals surface area contributed by atoms with Gasteiger partial charge in [-0.15, -0.1) is 0 Å². The Morgan fingerprint density at radius 2 is 1.50 bits per heavy atom. The molecule has 5 rings (SSSR count). The summed E-state index contributed by atoms with van der Waals surface area (Å²) in [4.78, 5) is 27.2. The predicted octanol–water partition coefficient (Wildman–Crippen LogP) is 6.88. The standard InChI is InChI=1S/C34H32N2O4/c1-34(2,3)27-18-30(37)31(40-22-24-14-8-5-9-15-24)19-28(27)35-33(39)26-21-36(20-23-12-6-4-7-13-23)29-17-11-10-16-25(29)32(26)38/h4-19,21,37H,20,22H2,1-3H3,(H,35,39). The van der Waals surface area contributed by atoms with E-state index in [2.05, 4.69) is 5.32 Å². The topological polar surface area (TPSA) is 80.6 Å². The summed E-state index contributed by atoms with van der Waals surface area (Å²) in [6, 6.07) is 30.1. The van der Waals surface area contributed by atoms with Gasteiger partial charge in [-0.25, -0.2) is 0 Å². The van der Waals surface area contributed by atoms with E-state index in [1.54, 1.807) is 30.5 Å². The van der Waals surface area contributed by atoms with E-state index in [4.69, 9.17) is 4.74 Å². The second-order valence-corrected chi connectivity index (χ2v) is 10.8. The fraction of sp³-hybridized carbons (Fsp3) is 0.176. The van der Waals surface area contributed by atoms with Gasteiger partial charge in [0.2, 0.25) is 5.43 Å². The minimum absolute atomic E-state index is 0.0187. The molecule has 0 unspecified atom stereocenters. The molecule has 0 saturated heterocycles. The van der Waals surface area contributed by atoms with E-state index in [1.807, 2.05) is 98.1 Å². The number of phenols is 1. The molecular formula is C34H32N2O4. The number of anilines is 1. The first-order valence-corrected chi connectivity index (χ1v) is 13.2. The van der Waals surface area contributed by atoms with Crippen molar-refractivity contribution in [3.63, 3.8) is 0 Å². The third-order valence-corrected chi connectivity index (χ3v) is 6.82. The largest absolute Gasteiger partial charge is 0.504 e. The number of phenolic OH excluding ortho intramolecular Hbond substituents is 1. The van der Waals surface area contributed by atoms with E-state index in [0.29, 0.717) is 17.6 Å². The highest BCUT2D eigenvalue weighted by Gasteiger charge is 2.24. The second-order valence-electron chi connectivity index (χ2n) is 10.8. The van der Waals surface area contributed by atoms with Crippen molar-refractivity contribution in [1.82, 2.24) is 4.57 Å². The first kappa shape index (κ1) is 26.8. The summed E-state index contributed by atoms with van der Waals surface area (Å²) in [5, 5.41) is 14.2. The van der Waals surface area contributed by atoms with Crippen LogP contribution in [0.1, 0.15) is 47.8 Å². The molecule has 1 heterocycles. The number of ether oxygens (including phenoxy) is 1. The van der Waals surface area contributed by atoms with E-state index in [0.717, 1.165) is 22.2 Å². The van der Waals surface area contributed by atoms with Crippen molar-refractivity contribution in [1.29, 1.82) is 0 Å². The number of nitrogens with zero attached hydrogens (tertiary/aromatic N) is 1. The Kier molecular flexibility index (Phi) is 7.43. The molecule has 0 radical (unpaired) electrons. The maximum Gasteiger partial charge on any atom is 0.261 e. The molecule has 0 saturated carbocycles. The monoisotopic (exact) mass is 532 g/mol. The highest BCUT2D eigenvalue weighted by Crippen LogP contribution is 2.39. The van der Waals surface area contributed by atoms with Gasteiger partial charge in [0.15, 0.2) is 11.5 Å². The van der Waals surface area contributed by atoms with E-state index in [-0.39, 0.29) is 29.1 Å². The number of carbonyl (C=O) groups is 1. The SMILES string of the molecule is CC(C)(C)c1cc(O)c(OCc2ccccc2)cc1NC(=O)c1cn(Cc2ccccc2)c2ccccc2c1=O. The van der Waals surface area contributed by atoms with Crippen LogP contribution in [0.5, 0.6) is 11.5 Å². The van der Waals surface area contributed by atoms with E-state index in [1.165, 1.54) is 0 Å². The van der Waals surface area contributed by atoms with Crippen molar-refractivity contribution in [2.24, 2.45) is 0 Å². The van der Waals surface area contributed by atoms with Crippen LogP contribution < -0.4 is 15.5 Å². The fourth-order valence-corrected chi connectivity index (χ4v) is 4.75. The van der Waals surface area contributed by atoms with Crippen LogP contribution in [-0.4, -0.2) is 15.6 Å². The molecule has 0 aliphatic rings. The summed E-state index contributed by atoms with van der Waals surface area (Å²) in [5.74, 6) is -0.301. The minimum atomic E-state index is -0.525.